The highest BCUT2D eigenvalue weighted by Crippen LogP contribution is 2.32. The molecule has 0 spiro atoms. The fraction of sp³-hybridized carbons (Fsp3) is 0.444. The number of hydrogen-bond acceptors (Lipinski definition) is 5. The number of pyridine rings is 1. The molecular formula is C9H12N2O2S2. The van der Waals surface area contributed by atoms with E-state index in [0.29, 0.717) is 12.1 Å². The topological polar surface area (TPSA) is 73.0 Å². The van der Waals surface area contributed by atoms with E-state index in [1.165, 1.54) is 11.8 Å². The van der Waals surface area contributed by atoms with Gasteiger partial charge in [0.25, 0.3) is 0 Å². The first-order valence-electron chi connectivity index (χ1n) is 4.64. The molecule has 1 aromatic rings. The molecule has 0 radical (unpaired) electrons. The van der Waals surface area contributed by atoms with Crippen molar-refractivity contribution in [1.29, 1.82) is 0 Å². The lowest BCUT2D eigenvalue weighted by molar-refractivity contribution is 0.602. The number of hydrogen-bond donors (Lipinski definition) is 1. The maximum atomic E-state index is 11.3. The SMILES string of the molecule is Nc1cccnc1SC1CCS(=O)(=O)C1. The predicted octanol–water partition coefficient (Wildman–Crippen LogP) is 0.943. The van der Waals surface area contributed by atoms with E-state index in [2.05, 4.69) is 4.98 Å². The quantitative estimate of drug-likeness (QED) is 0.838. The van der Waals surface area contributed by atoms with Crippen molar-refractivity contribution in [3.8, 4) is 0 Å². The molecule has 82 valence electrons. The number of aromatic nitrogens is 1. The minimum absolute atomic E-state index is 0.104. The third-order valence-electron chi connectivity index (χ3n) is 2.27. The summed E-state index contributed by atoms with van der Waals surface area (Å²) in [5, 5.41) is 0.840. The minimum Gasteiger partial charge on any atom is -0.397 e. The number of thioether (sulfide) groups is 1. The van der Waals surface area contributed by atoms with Crippen LogP contribution in [0.2, 0.25) is 0 Å². The molecule has 15 heavy (non-hydrogen) atoms. The lowest BCUT2D eigenvalue weighted by atomic mass is 10.4. The Bertz CT molecular complexity index is 459. The fourth-order valence-corrected chi connectivity index (χ4v) is 4.98. The zero-order chi connectivity index (χ0) is 10.9. The lowest BCUT2D eigenvalue weighted by Gasteiger charge is -2.07. The van der Waals surface area contributed by atoms with Gasteiger partial charge in [0, 0.05) is 11.4 Å². The predicted molar refractivity (Wildman–Crippen MR) is 61.6 cm³/mol. The van der Waals surface area contributed by atoms with Crippen molar-refractivity contribution >= 4 is 27.3 Å². The maximum Gasteiger partial charge on any atom is 0.151 e. The van der Waals surface area contributed by atoms with Crippen molar-refractivity contribution in [2.75, 3.05) is 17.2 Å². The Morgan fingerprint density at radius 1 is 1.53 bits per heavy atom. The molecule has 2 rings (SSSR count). The van der Waals surface area contributed by atoms with Crippen LogP contribution in [0.25, 0.3) is 0 Å². The first-order chi connectivity index (χ1) is 7.07. The lowest BCUT2D eigenvalue weighted by Crippen LogP contribution is -2.07. The fourth-order valence-electron chi connectivity index (χ4n) is 1.51. The van der Waals surface area contributed by atoms with Crippen LogP contribution in [0.4, 0.5) is 5.69 Å². The Balaban J connectivity index is 2.08. The van der Waals surface area contributed by atoms with E-state index >= 15 is 0 Å². The van der Waals surface area contributed by atoms with Crippen molar-refractivity contribution in [3.63, 3.8) is 0 Å². The van der Waals surface area contributed by atoms with Gasteiger partial charge in [-0.2, -0.15) is 0 Å². The zero-order valence-corrected chi connectivity index (χ0v) is 9.72. The molecule has 0 aliphatic carbocycles. The zero-order valence-electron chi connectivity index (χ0n) is 8.09. The smallest absolute Gasteiger partial charge is 0.151 e. The molecule has 4 nitrogen and oxygen atoms in total. The van der Waals surface area contributed by atoms with Gasteiger partial charge in [0.15, 0.2) is 9.84 Å². The summed E-state index contributed by atoms with van der Waals surface area (Å²) in [6.07, 6.45) is 2.37. The van der Waals surface area contributed by atoms with Gasteiger partial charge in [0.05, 0.1) is 17.2 Å². The van der Waals surface area contributed by atoms with E-state index in [9.17, 15) is 8.42 Å². The Morgan fingerprint density at radius 2 is 2.33 bits per heavy atom. The Hall–Kier alpha value is -0.750. The molecule has 1 saturated heterocycles. The second kappa shape index (κ2) is 4.02. The molecule has 6 heteroatoms. The van der Waals surface area contributed by atoms with Gasteiger partial charge in [-0.05, 0) is 18.6 Å². The van der Waals surface area contributed by atoms with Crippen molar-refractivity contribution in [1.82, 2.24) is 4.98 Å². The molecule has 2 heterocycles. The number of nitrogens with two attached hydrogens (primary N) is 1. The summed E-state index contributed by atoms with van der Waals surface area (Å²) in [6, 6.07) is 3.55. The molecule has 0 aromatic carbocycles. The number of anilines is 1. The molecule has 0 saturated carbocycles. The Kier molecular flexibility index (Phi) is 2.88. The van der Waals surface area contributed by atoms with Gasteiger partial charge in [-0.25, -0.2) is 13.4 Å². The molecule has 1 fully saturated rings. The summed E-state index contributed by atoms with van der Waals surface area (Å²) < 4.78 is 22.5. The highest BCUT2D eigenvalue weighted by molar-refractivity contribution is 8.01. The van der Waals surface area contributed by atoms with E-state index in [4.69, 9.17) is 5.73 Å². The second-order valence-corrected chi connectivity index (χ2v) is 7.06. The first-order valence-corrected chi connectivity index (χ1v) is 7.34. The average molecular weight is 244 g/mol. The summed E-state index contributed by atoms with van der Waals surface area (Å²) in [5.41, 5.74) is 6.35. The van der Waals surface area contributed by atoms with Crippen LogP contribution in [0.15, 0.2) is 23.4 Å². The molecule has 1 aromatic heterocycles. The number of rotatable bonds is 2. The van der Waals surface area contributed by atoms with Crippen LogP contribution in [-0.2, 0) is 9.84 Å². The van der Waals surface area contributed by atoms with Crippen LogP contribution < -0.4 is 5.73 Å². The molecule has 2 N–H and O–H groups in total. The monoisotopic (exact) mass is 244 g/mol. The molecule has 1 unspecified atom stereocenters. The van der Waals surface area contributed by atoms with Gasteiger partial charge in [-0.1, -0.05) is 11.8 Å². The molecular weight excluding hydrogens is 232 g/mol. The van der Waals surface area contributed by atoms with Crippen molar-refractivity contribution in [2.45, 2.75) is 16.7 Å². The van der Waals surface area contributed by atoms with Gasteiger partial charge in [0.1, 0.15) is 5.03 Å². The van der Waals surface area contributed by atoms with E-state index in [-0.39, 0.29) is 16.8 Å². The summed E-state index contributed by atoms with van der Waals surface area (Å²) in [6.45, 7) is 0. The number of nitrogens with zero attached hydrogens (tertiary/aromatic N) is 1. The highest BCUT2D eigenvalue weighted by Gasteiger charge is 2.29. The van der Waals surface area contributed by atoms with Gasteiger partial charge in [-0.3, -0.25) is 0 Å². The van der Waals surface area contributed by atoms with Gasteiger partial charge < -0.3 is 5.73 Å². The second-order valence-electron chi connectivity index (χ2n) is 3.54. The number of sulfone groups is 1. The number of nitrogen functional groups attached to an aromatic ring is 1. The average Bonchev–Trinajstić information content (AvgIpc) is 2.50. The maximum absolute atomic E-state index is 11.3. The van der Waals surface area contributed by atoms with Crippen LogP contribution in [0.5, 0.6) is 0 Å². The molecule has 0 amide bonds. The van der Waals surface area contributed by atoms with Crippen LogP contribution in [0.1, 0.15) is 6.42 Å². The molecule has 1 aliphatic rings. The molecule has 1 atom stereocenters. The van der Waals surface area contributed by atoms with E-state index in [1.54, 1.807) is 18.3 Å². The minimum atomic E-state index is -2.82. The van der Waals surface area contributed by atoms with E-state index in [1.807, 2.05) is 0 Å². The van der Waals surface area contributed by atoms with Crippen molar-refractivity contribution in [2.24, 2.45) is 0 Å². The van der Waals surface area contributed by atoms with Crippen molar-refractivity contribution < 1.29 is 8.42 Å². The van der Waals surface area contributed by atoms with Crippen molar-refractivity contribution in [3.05, 3.63) is 18.3 Å². The van der Waals surface area contributed by atoms with Crippen LogP contribution in [0, 0.1) is 0 Å². The van der Waals surface area contributed by atoms with Gasteiger partial charge in [0.2, 0.25) is 0 Å². The van der Waals surface area contributed by atoms with Crippen LogP contribution >= 0.6 is 11.8 Å². The summed E-state index contributed by atoms with van der Waals surface area (Å²) >= 11 is 1.46. The highest BCUT2D eigenvalue weighted by atomic mass is 32.2. The largest absolute Gasteiger partial charge is 0.397 e. The normalized spacial score (nSPS) is 24.1. The van der Waals surface area contributed by atoms with Crippen LogP contribution in [-0.4, -0.2) is 30.2 Å². The third-order valence-corrected chi connectivity index (χ3v) is 5.55. The van der Waals surface area contributed by atoms with E-state index < -0.39 is 9.84 Å². The summed E-state index contributed by atoms with van der Waals surface area (Å²) in [7, 11) is -2.82. The standard InChI is InChI=1S/C9H12N2O2S2/c10-8-2-1-4-11-9(8)14-7-3-5-15(12,13)6-7/h1-2,4,7H,3,5-6,10H2. The summed E-state index contributed by atoms with van der Waals surface area (Å²) in [5.74, 6) is 0.533. The molecule has 0 bridgehead atoms. The first kappa shape index (κ1) is 10.8. The third kappa shape index (κ3) is 2.63. The van der Waals surface area contributed by atoms with Gasteiger partial charge in [-0.15, -0.1) is 0 Å². The Morgan fingerprint density at radius 3 is 2.93 bits per heavy atom. The summed E-state index contributed by atoms with van der Waals surface area (Å²) in [4.78, 5) is 4.13. The van der Waals surface area contributed by atoms with Gasteiger partial charge >= 0.3 is 0 Å². The molecule has 1 aliphatic heterocycles. The van der Waals surface area contributed by atoms with E-state index in [0.717, 1.165) is 5.03 Å². The Labute approximate surface area is 93.2 Å². The van der Waals surface area contributed by atoms with Crippen LogP contribution in [0.3, 0.4) is 0 Å².